The summed E-state index contributed by atoms with van der Waals surface area (Å²) in [5.41, 5.74) is 0.933. The number of halogens is 2. The molecule has 132 valence electrons. The predicted octanol–water partition coefficient (Wildman–Crippen LogP) is 3.14. The zero-order valence-electron chi connectivity index (χ0n) is 13.9. The van der Waals surface area contributed by atoms with Crippen LogP contribution in [0.4, 0.5) is 8.78 Å². The second-order valence-electron chi connectivity index (χ2n) is 6.22. The van der Waals surface area contributed by atoms with E-state index >= 15 is 0 Å². The minimum absolute atomic E-state index is 0.0395. The molecule has 2 heterocycles. The number of nitrogens with zero attached hydrogens (tertiary/aromatic N) is 2. The molecule has 0 bridgehead atoms. The summed E-state index contributed by atoms with van der Waals surface area (Å²) in [6, 6.07) is 8.89. The Morgan fingerprint density at radius 1 is 1.16 bits per heavy atom. The molecule has 25 heavy (non-hydrogen) atoms. The summed E-state index contributed by atoms with van der Waals surface area (Å²) < 4.78 is 26.8. The molecule has 0 saturated carbocycles. The Labute approximate surface area is 145 Å². The van der Waals surface area contributed by atoms with Crippen LogP contribution in [0.15, 0.2) is 42.6 Å². The van der Waals surface area contributed by atoms with Crippen molar-refractivity contribution in [1.29, 1.82) is 0 Å². The van der Waals surface area contributed by atoms with Crippen molar-refractivity contribution in [2.24, 2.45) is 0 Å². The van der Waals surface area contributed by atoms with Crippen LogP contribution >= 0.6 is 0 Å². The fraction of sp³-hybridized carbons (Fsp3) is 0.368. The first kappa shape index (κ1) is 17.5. The van der Waals surface area contributed by atoms with E-state index in [2.05, 4.69) is 10.3 Å². The Balaban J connectivity index is 1.88. The number of pyridine rings is 1. The second-order valence-corrected chi connectivity index (χ2v) is 6.22. The zero-order valence-corrected chi connectivity index (χ0v) is 13.9. The van der Waals surface area contributed by atoms with Crippen molar-refractivity contribution in [1.82, 2.24) is 15.2 Å². The van der Waals surface area contributed by atoms with Gasteiger partial charge in [-0.05, 0) is 62.7 Å². The first-order valence-corrected chi connectivity index (χ1v) is 8.52. The smallest absolute Gasteiger partial charge is 0.254 e. The molecule has 2 aromatic rings. The van der Waals surface area contributed by atoms with Crippen LogP contribution in [0, 0.1) is 11.6 Å². The lowest BCUT2D eigenvalue weighted by atomic mass is 10.0. The number of carbonyl (C=O) groups excluding carboxylic acids is 1. The first-order chi connectivity index (χ1) is 12.1. The maximum Gasteiger partial charge on any atom is 0.254 e. The summed E-state index contributed by atoms with van der Waals surface area (Å²) in [5, 5.41) is 3.33. The molecule has 1 amide bonds. The van der Waals surface area contributed by atoms with Gasteiger partial charge in [0.05, 0.1) is 12.2 Å². The molecular formula is C19H21F2N3O. The minimum Gasteiger partial charge on any atom is -0.330 e. The molecule has 1 aromatic heterocycles. The van der Waals surface area contributed by atoms with Gasteiger partial charge in [-0.1, -0.05) is 6.07 Å². The normalized spacial score (nSPS) is 17.8. The number of aromatic nitrogens is 1. The van der Waals surface area contributed by atoms with E-state index in [1.807, 2.05) is 18.2 Å². The summed E-state index contributed by atoms with van der Waals surface area (Å²) in [7, 11) is 0. The lowest BCUT2D eigenvalue weighted by molar-refractivity contribution is 0.0641. The van der Waals surface area contributed by atoms with Crippen molar-refractivity contribution in [2.75, 3.05) is 13.1 Å². The molecule has 1 aliphatic heterocycles. The molecule has 1 unspecified atom stereocenters. The van der Waals surface area contributed by atoms with Gasteiger partial charge < -0.3 is 10.2 Å². The number of carbonyl (C=O) groups is 1. The van der Waals surface area contributed by atoms with Crippen molar-refractivity contribution in [2.45, 2.75) is 31.8 Å². The third-order valence-electron chi connectivity index (χ3n) is 4.47. The Kier molecular flexibility index (Phi) is 5.71. The average molecular weight is 345 g/mol. The van der Waals surface area contributed by atoms with Gasteiger partial charge in [0.25, 0.3) is 5.91 Å². The van der Waals surface area contributed by atoms with Crippen molar-refractivity contribution < 1.29 is 13.6 Å². The van der Waals surface area contributed by atoms with Gasteiger partial charge in [0.2, 0.25) is 0 Å². The van der Waals surface area contributed by atoms with Gasteiger partial charge in [0, 0.05) is 17.8 Å². The summed E-state index contributed by atoms with van der Waals surface area (Å²) in [6.07, 6.45) is 4.34. The molecule has 1 fully saturated rings. The lowest BCUT2D eigenvalue weighted by Gasteiger charge is -2.31. The van der Waals surface area contributed by atoms with E-state index in [1.165, 1.54) is 6.07 Å². The average Bonchev–Trinajstić information content (AvgIpc) is 2.91. The molecule has 6 heteroatoms. The van der Waals surface area contributed by atoms with Crippen LogP contribution in [0.5, 0.6) is 0 Å². The van der Waals surface area contributed by atoms with Gasteiger partial charge in [0.15, 0.2) is 11.6 Å². The zero-order chi connectivity index (χ0) is 17.6. The number of rotatable bonds is 4. The Morgan fingerprint density at radius 3 is 2.80 bits per heavy atom. The third-order valence-corrected chi connectivity index (χ3v) is 4.47. The highest BCUT2D eigenvalue weighted by Gasteiger charge is 2.26. The predicted molar refractivity (Wildman–Crippen MR) is 91.0 cm³/mol. The van der Waals surface area contributed by atoms with Gasteiger partial charge in [-0.3, -0.25) is 9.78 Å². The quantitative estimate of drug-likeness (QED) is 0.926. The maximum absolute atomic E-state index is 13.6. The number of hydrogen-bond donors (Lipinski definition) is 1. The highest BCUT2D eigenvalue weighted by atomic mass is 19.2. The number of amides is 1. The van der Waals surface area contributed by atoms with Gasteiger partial charge in [-0.15, -0.1) is 0 Å². The minimum atomic E-state index is -1.01. The van der Waals surface area contributed by atoms with Gasteiger partial charge in [-0.2, -0.15) is 0 Å². The van der Waals surface area contributed by atoms with E-state index < -0.39 is 11.6 Å². The van der Waals surface area contributed by atoms with Crippen LogP contribution in [-0.4, -0.2) is 34.9 Å². The van der Waals surface area contributed by atoms with Crippen LogP contribution in [0.25, 0.3) is 0 Å². The molecule has 4 nitrogen and oxygen atoms in total. The summed E-state index contributed by atoms with van der Waals surface area (Å²) >= 11 is 0. The van der Waals surface area contributed by atoms with Gasteiger partial charge in [0.1, 0.15) is 0 Å². The molecule has 1 aromatic carbocycles. The topological polar surface area (TPSA) is 45.2 Å². The molecule has 3 rings (SSSR count). The molecule has 1 atom stereocenters. The van der Waals surface area contributed by atoms with E-state index in [0.29, 0.717) is 6.54 Å². The van der Waals surface area contributed by atoms with Crippen molar-refractivity contribution in [3.8, 4) is 0 Å². The third kappa shape index (κ3) is 4.39. The molecule has 0 radical (unpaired) electrons. The van der Waals surface area contributed by atoms with Crippen LogP contribution < -0.4 is 5.32 Å². The maximum atomic E-state index is 13.6. The van der Waals surface area contributed by atoms with Gasteiger partial charge >= 0.3 is 0 Å². The van der Waals surface area contributed by atoms with Crippen LogP contribution in [0.1, 0.15) is 35.3 Å². The van der Waals surface area contributed by atoms with E-state index in [-0.39, 0.29) is 17.5 Å². The second kappa shape index (κ2) is 8.16. The number of hydrogen-bond acceptors (Lipinski definition) is 3. The molecule has 0 spiro atoms. The largest absolute Gasteiger partial charge is 0.330 e. The number of nitrogens with one attached hydrogen (secondary N) is 1. The summed E-state index contributed by atoms with van der Waals surface area (Å²) in [5.74, 6) is -2.26. The van der Waals surface area contributed by atoms with Crippen LogP contribution in [-0.2, 0) is 6.54 Å². The van der Waals surface area contributed by atoms with Crippen LogP contribution in [0.2, 0.25) is 0 Å². The Morgan fingerprint density at radius 2 is 2.04 bits per heavy atom. The van der Waals surface area contributed by atoms with E-state index in [4.69, 9.17) is 0 Å². The fourth-order valence-electron chi connectivity index (χ4n) is 3.14. The highest BCUT2D eigenvalue weighted by molar-refractivity contribution is 5.94. The number of benzene rings is 1. The Bertz CT molecular complexity index is 716. The molecule has 0 aliphatic carbocycles. The van der Waals surface area contributed by atoms with Crippen molar-refractivity contribution in [3.05, 3.63) is 65.5 Å². The lowest BCUT2D eigenvalue weighted by Crippen LogP contribution is -2.40. The molecular weight excluding hydrogens is 324 g/mol. The fourth-order valence-corrected chi connectivity index (χ4v) is 3.14. The standard InChI is InChI=1S/C19H21F2N3O/c20-17-7-6-14(12-18(17)21)19(25)24(13-15-4-1-2-10-23-15)16-5-3-9-22-11-8-16/h1-2,4,6-7,10,12,16,22H,3,5,8-9,11,13H2. The summed E-state index contributed by atoms with van der Waals surface area (Å²) in [4.78, 5) is 19.1. The SMILES string of the molecule is O=C(c1ccc(F)c(F)c1)N(Cc1ccccn1)C1CCCNCC1. The van der Waals surface area contributed by atoms with Crippen molar-refractivity contribution in [3.63, 3.8) is 0 Å². The highest BCUT2D eigenvalue weighted by Crippen LogP contribution is 2.20. The van der Waals surface area contributed by atoms with E-state index in [1.54, 1.807) is 11.1 Å². The van der Waals surface area contributed by atoms with Crippen LogP contribution in [0.3, 0.4) is 0 Å². The van der Waals surface area contributed by atoms with E-state index in [0.717, 1.165) is 50.2 Å². The molecule has 1 aliphatic rings. The van der Waals surface area contributed by atoms with Gasteiger partial charge in [-0.25, -0.2) is 8.78 Å². The monoisotopic (exact) mass is 345 g/mol. The van der Waals surface area contributed by atoms with E-state index in [9.17, 15) is 13.6 Å². The molecule has 1 saturated heterocycles. The Hall–Kier alpha value is -2.34. The van der Waals surface area contributed by atoms with Crippen molar-refractivity contribution >= 4 is 5.91 Å². The molecule has 1 N–H and O–H groups in total. The summed E-state index contributed by atoms with van der Waals surface area (Å²) in [6.45, 7) is 2.10. The first-order valence-electron chi connectivity index (χ1n) is 8.52.